The van der Waals surface area contributed by atoms with Crippen molar-refractivity contribution >= 4 is 45.6 Å². The third-order valence-electron chi connectivity index (χ3n) is 6.65. The molecule has 10 heteroatoms. The highest BCUT2D eigenvalue weighted by atomic mass is 35.5. The van der Waals surface area contributed by atoms with Crippen molar-refractivity contribution in [1.82, 2.24) is 9.88 Å². The number of aliphatic hydroxyl groups excluding tert-OH is 1. The summed E-state index contributed by atoms with van der Waals surface area (Å²) < 4.78 is 5.34. The Labute approximate surface area is 222 Å². The van der Waals surface area contributed by atoms with Crippen molar-refractivity contribution < 1.29 is 24.4 Å². The van der Waals surface area contributed by atoms with E-state index in [1.54, 1.807) is 31.4 Å². The Hall–Kier alpha value is -4.63. The Bertz CT molecular complexity index is 1610. The molecule has 1 aliphatic rings. The number of hydrogen-bond donors (Lipinski definition) is 2. The Morgan fingerprint density at radius 2 is 1.89 bits per heavy atom. The highest BCUT2D eigenvalue weighted by molar-refractivity contribution is 6.46. The van der Waals surface area contributed by atoms with Crippen molar-refractivity contribution in [2.45, 2.75) is 12.5 Å². The van der Waals surface area contributed by atoms with Gasteiger partial charge in [-0.2, -0.15) is 0 Å². The summed E-state index contributed by atoms with van der Waals surface area (Å²) in [6.45, 7) is 0.174. The van der Waals surface area contributed by atoms with Gasteiger partial charge in [-0.3, -0.25) is 19.7 Å². The molecule has 1 fully saturated rings. The van der Waals surface area contributed by atoms with Crippen LogP contribution in [0.5, 0.6) is 5.75 Å². The molecule has 3 aromatic carbocycles. The molecule has 192 valence electrons. The van der Waals surface area contributed by atoms with Crippen LogP contribution in [-0.4, -0.2) is 45.3 Å². The quantitative estimate of drug-likeness (QED) is 0.108. The number of ether oxygens (including phenoxy) is 1. The summed E-state index contributed by atoms with van der Waals surface area (Å²) in [4.78, 5) is 41.8. The summed E-state index contributed by atoms with van der Waals surface area (Å²) in [5.74, 6) is -1.42. The van der Waals surface area contributed by atoms with Gasteiger partial charge in [0.1, 0.15) is 11.5 Å². The maximum atomic E-state index is 13.3. The molecule has 0 saturated carbocycles. The highest BCUT2D eigenvalue weighted by Gasteiger charge is 2.46. The fourth-order valence-electron chi connectivity index (χ4n) is 4.76. The molecule has 0 radical (unpaired) electrons. The van der Waals surface area contributed by atoms with Crippen LogP contribution in [0.2, 0.25) is 5.02 Å². The van der Waals surface area contributed by atoms with E-state index in [9.17, 15) is 24.8 Å². The van der Waals surface area contributed by atoms with Crippen LogP contribution in [0.1, 0.15) is 22.7 Å². The zero-order valence-corrected chi connectivity index (χ0v) is 20.9. The normalized spacial score (nSPS) is 16.8. The molecule has 1 atom stereocenters. The summed E-state index contributed by atoms with van der Waals surface area (Å²) in [7, 11) is 1.58. The van der Waals surface area contributed by atoms with Crippen LogP contribution in [0.3, 0.4) is 0 Å². The molecule has 0 aliphatic carbocycles. The van der Waals surface area contributed by atoms with E-state index >= 15 is 0 Å². The number of nitrogens with zero attached hydrogens (tertiary/aromatic N) is 2. The van der Waals surface area contributed by atoms with E-state index in [2.05, 4.69) is 4.98 Å². The van der Waals surface area contributed by atoms with E-state index in [0.29, 0.717) is 22.8 Å². The molecule has 1 saturated heterocycles. The fraction of sp³-hybridized carbons (Fsp3) is 0.143. The number of nitro groups is 1. The molecule has 1 aromatic heterocycles. The van der Waals surface area contributed by atoms with Crippen LogP contribution in [-0.2, 0) is 16.0 Å². The number of carbonyl (C=O) groups is 2. The van der Waals surface area contributed by atoms with Crippen LogP contribution in [0.4, 0.5) is 5.69 Å². The lowest BCUT2D eigenvalue weighted by Crippen LogP contribution is -2.31. The number of halogens is 1. The predicted molar refractivity (Wildman–Crippen MR) is 142 cm³/mol. The van der Waals surface area contributed by atoms with Crippen LogP contribution < -0.4 is 4.74 Å². The SMILES string of the molecule is COc1ccc2[nH]cc(CCN3C(=O)C(=O)C(=C(O)c4cccc([N+](=O)[O-])c4)[C@H]3c3ccc(Cl)cc3)c2c1. The largest absolute Gasteiger partial charge is 0.507 e. The molecule has 1 aliphatic heterocycles. The van der Waals surface area contributed by atoms with Gasteiger partial charge in [0.15, 0.2) is 0 Å². The molecule has 0 bridgehead atoms. The van der Waals surface area contributed by atoms with E-state index < -0.39 is 28.4 Å². The minimum Gasteiger partial charge on any atom is -0.507 e. The Morgan fingerprint density at radius 1 is 1.13 bits per heavy atom. The van der Waals surface area contributed by atoms with Crippen molar-refractivity contribution in [3.63, 3.8) is 0 Å². The summed E-state index contributed by atoms with van der Waals surface area (Å²) in [6, 6.07) is 16.7. The fourth-order valence-corrected chi connectivity index (χ4v) is 4.88. The molecule has 0 spiro atoms. The first-order valence-electron chi connectivity index (χ1n) is 11.7. The number of benzene rings is 3. The topological polar surface area (TPSA) is 126 Å². The Kier molecular flexibility index (Phi) is 6.61. The van der Waals surface area contributed by atoms with Gasteiger partial charge in [0.05, 0.1) is 23.6 Å². The summed E-state index contributed by atoms with van der Waals surface area (Å²) in [5.41, 5.74) is 2.08. The number of H-pyrrole nitrogens is 1. The van der Waals surface area contributed by atoms with Gasteiger partial charge < -0.3 is 19.7 Å². The lowest BCUT2D eigenvalue weighted by molar-refractivity contribution is -0.384. The number of aromatic nitrogens is 1. The van der Waals surface area contributed by atoms with Crippen LogP contribution >= 0.6 is 11.6 Å². The average molecular weight is 532 g/mol. The Morgan fingerprint density at radius 3 is 2.61 bits per heavy atom. The molecule has 4 aromatic rings. The van der Waals surface area contributed by atoms with Gasteiger partial charge in [0, 0.05) is 46.4 Å². The average Bonchev–Trinajstić information content (AvgIpc) is 3.44. The number of hydrogen-bond acceptors (Lipinski definition) is 6. The minimum atomic E-state index is -0.911. The van der Waals surface area contributed by atoms with Crippen molar-refractivity contribution in [3.8, 4) is 5.75 Å². The monoisotopic (exact) mass is 531 g/mol. The molecule has 2 N–H and O–H groups in total. The van der Waals surface area contributed by atoms with Crippen LogP contribution in [0.25, 0.3) is 16.7 Å². The second kappa shape index (κ2) is 10.0. The first-order chi connectivity index (χ1) is 18.3. The molecule has 1 amide bonds. The number of nitrogens with one attached hydrogen (secondary N) is 1. The maximum Gasteiger partial charge on any atom is 0.295 e. The molecule has 2 heterocycles. The number of non-ortho nitro benzene ring substituents is 1. The summed E-state index contributed by atoms with van der Waals surface area (Å²) in [5, 5.41) is 23.9. The van der Waals surface area contributed by atoms with Crippen molar-refractivity contribution in [2.75, 3.05) is 13.7 Å². The van der Waals surface area contributed by atoms with Crippen LogP contribution in [0, 0.1) is 10.1 Å². The number of amides is 1. The lowest BCUT2D eigenvalue weighted by atomic mass is 9.95. The van der Waals surface area contributed by atoms with Gasteiger partial charge in [-0.15, -0.1) is 0 Å². The van der Waals surface area contributed by atoms with Crippen molar-refractivity contribution in [3.05, 3.63) is 110 Å². The second-order valence-corrected chi connectivity index (χ2v) is 9.26. The highest BCUT2D eigenvalue weighted by Crippen LogP contribution is 2.40. The standard InChI is InChI=1S/C28H22ClN3O6/c1-38-21-9-10-23-22(14-21)18(15-30-23)11-12-31-25(16-5-7-19(29)8-6-16)24(27(34)28(31)35)26(33)17-3-2-4-20(13-17)32(36)37/h2-10,13-15,25,30,33H,11-12H2,1H3/t25-/m1/s1. The van der Waals surface area contributed by atoms with Gasteiger partial charge in [0.2, 0.25) is 0 Å². The van der Waals surface area contributed by atoms with E-state index in [1.165, 1.54) is 29.2 Å². The summed E-state index contributed by atoms with van der Waals surface area (Å²) in [6.07, 6.45) is 2.27. The molecule has 38 heavy (non-hydrogen) atoms. The number of ketones is 1. The molecule has 5 rings (SSSR count). The number of aromatic amines is 1. The Balaban J connectivity index is 1.56. The zero-order chi connectivity index (χ0) is 27.0. The van der Waals surface area contributed by atoms with Crippen molar-refractivity contribution in [2.24, 2.45) is 0 Å². The van der Waals surface area contributed by atoms with Gasteiger partial charge in [-0.25, -0.2) is 0 Å². The van der Waals surface area contributed by atoms with E-state index in [0.717, 1.165) is 16.5 Å². The maximum absolute atomic E-state index is 13.3. The number of Topliss-reactive ketones (excluding diaryl/α,β-unsaturated/α-hetero) is 1. The van der Waals surface area contributed by atoms with E-state index in [-0.39, 0.29) is 23.4 Å². The number of carbonyl (C=O) groups excluding carboxylic acids is 2. The molecular weight excluding hydrogens is 510 g/mol. The van der Waals surface area contributed by atoms with Gasteiger partial charge in [0.25, 0.3) is 17.4 Å². The van der Waals surface area contributed by atoms with Gasteiger partial charge >= 0.3 is 0 Å². The third kappa shape index (κ3) is 4.48. The number of rotatable bonds is 7. The minimum absolute atomic E-state index is 0.0693. The summed E-state index contributed by atoms with van der Waals surface area (Å²) >= 11 is 6.08. The zero-order valence-electron chi connectivity index (χ0n) is 20.2. The number of nitro benzene ring substituents is 1. The number of aliphatic hydroxyl groups is 1. The second-order valence-electron chi connectivity index (χ2n) is 8.83. The molecule has 0 unspecified atom stereocenters. The molecule has 9 nitrogen and oxygen atoms in total. The molecular formula is C28H22ClN3O6. The van der Waals surface area contributed by atoms with E-state index in [1.807, 2.05) is 24.4 Å². The number of likely N-dealkylation sites (tertiary alicyclic amines) is 1. The number of methoxy groups -OCH3 is 1. The lowest BCUT2D eigenvalue weighted by Gasteiger charge is -2.25. The first kappa shape index (κ1) is 25.0. The smallest absolute Gasteiger partial charge is 0.295 e. The predicted octanol–water partition coefficient (Wildman–Crippen LogP) is 5.40. The number of fused-ring (bicyclic) bond motifs is 1. The van der Waals surface area contributed by atoms with Crippen LogP contribution in [0.15, 0.2) is 78.5 Å². The van der Waals surface area contributed by atoms with E-state index in [4.69, 9.17) is 16.3 Å². The van der Waals surface area contributed by atoms with Crippen molar-refractivity contribution in [1.29, 1.82) is 0 Å². The first-order valence-corrected chi connectivity index (χ1v) is 12.1. The van der Waals surface area contributed by atoms with Gasteiger partial charge in [-0.05, 0) is 47.9 Å². The van der Waals surface area contributed by atoms with Gasteiger partial charge in [-0.1, -0.05) is 35.9 Å². The third-order valence-corrected chi connectivity index (χ3v) is 6.90.